The molecule has 0 aliphatic heterocycles. The molecule has 0 aromatic rings. The van der Waals surface area contributed by atoms with Gasteiger partial charge in [0.25, 0.3) is 0 Å². The van der Waals surface area contributed by atoms with Crippen molar-refractivity contribution in [1.29, 1.82) is 5.26 Å². The summed E-state index contributed by atoms with van der Waals surface area (Å²) in [6, 6.07) is 1.79. The van der Waals surface area contributed by atoms with Gasteiger partial charge < -0.3 is 5.11 Å². The van der Waals surface area contributed by atoms with Gasteiger partial charge in [-0.2, -0.15) is 5.26 Å². The Morgan fingerprint density at radius 1 is 1.44 bits per heavy atom. The maximum Gasteiger partial charge on any atom is 0.108 e. The molecule has 9 heavy (non-hydrogen) atoms. The van der Waals surface area contributed by atoms with Crippen LogP contribution < -0.4 is 0 Å². The van der Waals surface area contributed by atoms with Gasteiger partial charge in [-0.3, -0.25) is 0 Å². The highest BCUT2D eigenvalue weighted by molar-refractivity contribution is 5.31. The Morgan fingerprint density at radius 2 is 2.00 bits per heavy atom. The van der Waals surface area contributed by atoms with Crippen molar-refractivity contribution in [3.63, 3.8) is 0 Å². The fourth-order valence-corrected chi connectivity index (χ4v) is 0.234. The highest BCUT2D eigenvalue weighted by Crippen LogP contribution is 1.92. The molecule has 0 saturated carbocycles. The lowest BCUT2D eigenvalue weighted by Gasteiger charge is -1.82. The van der Waals surface area contributed by atoms with Gasteiger partial charge in [0.15, 0.2) is 0 Å². The topological polar surface area (TPSA) is 44.0 Å². The van der Waals surface area contributed by atoms with E-state index in [1.807, 2.05) is 0 Å². The minimum absolute atomic E-state index is 0.0774. The second-order valence-corrected chi connectivity index (χ2v) is 1.46. The second-order valence-electron chi connectivity index (χ2n) is 1.46. The number of aliphatic hydroxyl groups is 1. The van der Waals surface area contributed by atoms with Crippen LogP contribution in [0.5, 0.6) is 0 Å². The lowest BCUT2D eigenvalue weighted by Crippen LogP contribution is -1.69. The average Bonchev–Trinajstić information content (AvgIpc) is 1.83. The van der Waals surface area contributed by atoms with Crippen LogP contribution in [0.25, 0.3) is 0 Å². The molecule has 0 aromatic carbocycles. The van der Waals surface area contributed by atoms with Crippen molar-refractivity contribution in [1.82, 2.24) is 0 Å². The minimum atomic E-state index is -0.0774. The monoisotopic (exact) mass is 121 g/mol. The van der Waals surface area contributed by atoms with Gasteiger partial charge in [0.05, 0.1) is 6.07 Å². The minimum Gasteiger partial charge on any atom is -0.509 e. The molecule has 0 aliphatic rings. The molecule has 46 valence electrons. The van der Waals surface area contributed by atoms with E-state index in [4.69, 9.17) is 10.4 Å². The summed E-state index contributed by atoms with van der Waals surface area (Å²) in [5.74, 6) is -0.0774. The Kier molecular flexibility index (Phi) is 2.92. The summed E-state index contributed by atoms with van der Waals surface area (Å²) in [6.45, 7) is 6.52. The van der Waals surface area contributed by atoms with Crippen LogP contribution in [0.4, 0.5) is 0 Å². The number of nitriles is 1. The first-order chi connectivity index (χ1) is 4.16. The van der Waals surface area contributed by atoms with Crippen LogP contribution in [-0.2, 0) is 0 Å². The Hall–Kier alpha value is -1.49. The molecule has 2 nitrogen and oxygen atoms in total. The normalized spacial score (nSPS) is 8.78. The summed E-state index contributed by atoms with van der Waals surface area (Å²) < 4.78 is 0. The van der Waals surface area contributed by atoms with Crippen molar-refractivity contribution in [2.75, 3.05) is 0 Å². The van der Waals surface area contributed by atoms with Gasteiger partial charge in [-0.05, 0) is 12.2 Å². The Morgan fingerprint density at radius 3 is 2.33 bits per heavy atom. The third kappa shape index (κ3) is 4.36. The summed E-state index contributed by atoms with van der Waals surface area (Å²) in [5.41, 5.74) is 0.296. The lowest BCUT2D eigenvalue weighted by atomic mass is 10.3. The molecule has 0 heterocycles. The zero-order valence-electron chi connectivity index (χ0n) is 4.96. The van der Waals surface area contributed by atoms with E-state index in [0.717, 1.165) is 0 Å². The van der Waals surface area contributed by atoms with E-state index >= 15 is 0 Å². The summed E-state index contributed by atoms with van der Waals surface area (Å²) in [5, 5.41) is 16.6. The van der Waals surface area contributed by atoms with Crippen molar-refractivity contribution < 1.29 is 5.11 Å². The molecule has 0 atom stereocenters. The third-order valence-electron chi connectivity index (χ3n) is 0.621. The van der Waals surface area contributed by atoms with Gasteiger partial charge in [-0.25, -0.2) is 0 Å². The van der Waals surface area contributed by atoms with E-state index in [9.17, 15) is 0 Å². The summed E-state index contributed by atoms with van der Waals surface area (Å²) in [4.78, 5) is 0. The molecule has 1 N–H and O–H groups in total. The number of allylic oxidation sites excluding steroid dienone is 3. The quantitative estimate of drug-likeness (QED) is 0.343. The zero-order chi connectivity index (χ0) is 7.28. The van der Waals surface area contributed by atoms with Gasteiger partial charge in [0.2, 0.25) is 0 Å². The van der Waals surface area contributed by atoms with Gasteiger partial charge in [0, 0.05) is 5.57 Å². The van der Waals surface area contributed by atoms with Crippen LogP contribution in [0, 0.1) is 11.3 Å². The smallest absolute Gasteiger partial charge is 0.108 e. The molecule has 0 amide bonds. The standard InChI is InChI=1S/C7H7NO/c1-6(5-8)3-4-7(2)9/h3-4,9H,1-2H2/b4-3-. The number of aliphatic hydroxyl groups excluding tert-OH is 1. The van der Waals surface area contributed by atoms with E-state index in [1.165, 1.54) is 12.2 Å². The number of rotatable bonds is 2. The third-order valence-corrected chi connectivity index (χ3v) is 0.621. The first kappa shape index (κ1) is 7.51. The van der Waals surface area contributed by atoms with Crippen molar-refractivity contribution in [2.45, 2.75) is 0 Å². The maximum atomic E-state index is 8.46. The fraction of sp³-hybridized carbons (Fsp3) is 0. The summed E-state index contributed by atoms with van der Waals surface area (Å²) in [6.07, 6.45) is 2.70. The van der Waals surface area contributed by atoms with E-state index in [1.54, 1.807) is 6.07 Å². The van der Waals surface area contributed by atoms with Gasteiger partial charge in [-0.15, -0.1) is 0 Å². The van der Waals surface area contributed by atoms with Crippen LogP contribution in [0.3, 0.4) is 0 Å². The number of hydrogen-bond acceptors (Lipinski definition) is 2. The largest absolute Gasteiger partial charge is 0.509 e. The molecule has 0 rings (SSSR count). The van der Waals surface area contributed by atoms with Crippen molar-refractivity contribution in [3.05, 3.63) is 36.6 Å². The SMILES string of the molecule is C=C(O)/C=C\C(=C)C#N. The molecule has 0 unspecified atom stereocenters. The molecule has 0 radical (unpaired) electrons. The van der Waals surface area contributed by atoms with Crippen LogP contribution in [0.15, 0.2) is 36.6 Å². The Bertz CT molecular complexity index is 195. The number of hydrogen-bond donors (Lipinski definition) is 1. The van der Waals surface area contributed by atoms with Crippen molar-refractivity contribution in [2.24, 2.45) is 0 Å². The zero-order valence-corrected chi connectivity index (χ0v) is 4.96. The summed E-state index contributed by atoms with van der Waals surface area (Å²) >= 11 is 0. The van der Waals surface area contributed by atoms with Crippen LogP contribution in [0.1, 0.15) is 0 Å². The van der Waals surface area contributed by atoms with E-state index < -0.39 is 0 Å². The van der Waals surface area contributed by atoms with E-state index in [2.05, 4.69) is 13.2 Å². The van der Waals surface area contributed by atoms with Crippen LogP contribution in [-0.4, -0.2) is 5.11 Å². The first-order valence-electron chi connectivity index (χ1n) is 2.32. The molecule has 2 heteroatoms. The molecule has 0 saturated heterocycles. The molecule has 0 spiro atoms. The predicted molar refractivity (Wildman–Crippen MR) is 35.7 cm³/mol. The van der Waals surface area contributed by atoms with Crippen LogP contribution >= 0.6 is 0 Å². The highest BCUT2D eigenvalue weighted by Gasteiger charge is 1.80. The van der Waals surface area contributed by atoms with E-state index in [-0.39, 0.29) is 5.76 Å². The van der Waals surface area contributed by atoms with Gasteiger partial charge in [0.1, 0.15) is 5.76 Å². The molecular formula is C7H7NO. The molecule has 0 aromatic heterocycles. The van der Waals surface area contributed by atoms with Crippen molar-refractivity contribution in [3.8, 4) is 6.07 Å². The number of nitrogens with zero attached hydrogens (tertiary/aromatic N) is 1. The van der Waals surface area contributed by atoms with Crippen LogP contribution in [0.2, 0.25) is 0 Å². The molecular weight excluding hydrogens is 114 g/mol. The highest BCUT2D eigenvalue weighted by atomic mass is 16.3. The lowest BCUT2D eigenvalue weighted by molar-refractivity contribution is 0.435. The predicted octanol–water partition coefficient (Wildman–Crippen LogP) is 1.69. The maximum absolute atomic E-state index is 8.46. The second kappa shape index (κ2) is 3.50. The Labute approximate surface area is 54.0 Å². The van der Waals surface area contributed by atoms with Gasteiger partial charge in [-0.1, -0.05) is 13.2 Å². The first-order valence-corrected chi connectivity index (χ1v) is 2.32. The molecule has 0 aliphatic carbocycles. The van der Waals surface area contributed by atoms with E-state index in [0.29, 0.717) is 5.57 Å². The van der Waals surface area contributed by atoms with Crippen molar-refractivity contribution >= 4 is 0 Å². The average molecular weight is 121 g/mol. The van der Waals surface area contributed by atoms with Gasteiger partial charge >= 0.3 is 0 Å². The molecule has 0 bridgehead atoms. The molecule has 0 fully saturated rings. The Balaban J connectivity index is 3.90. The fourth-order valence-electron chi connectivity index (χ4n) is 0.234. The summed E-state index contributed by atoms with van der Waals surface area (Å²) in [7, 11) is 0.